The Kier molecular flexibility index (Phi) is 6.94. The Labute approximate surface area is 207 Å². The zero-order valence-corrected chi connectivity index (χ0v) is 19.8. The van der Waals surface area contributed by atoms with Crippen LogP contribution >= 0.6 is 22.9 Å². The lowest BCUT2D eigenvalue weighted by atomic mass is 10.0. The second-order valence-electron chi connectivity index (χ2n) is 7.25. The van der Waals surface area contributed by atoms with Gasteiger partial charge in [0.2, 0.25) is 5.91 Å². The number of ether oxygens (including phenoxy) is 1. The number of hydrogen-bond acceptors (Lipinski definition) is 8. The fraction of sp³-hybridized carbons (Fsp3) is 0.125. The van der Waals surface area contributed by atoms with Crippen LogP contribution in [-0.4, -0.2) is 34.2 Å². The van der Waals surface area contributed by atoms with Gasteiger partial charge in [-0.25, -0.2) is 9.48 Å². The molecule has 0 radical (unpaired) electrons. The van der Waals surface area contributed by atoms with Gasteiger partial charge in [-0.3, -0.25) is 9.59 Å². The molecule has 1 amide bonds. The molecule has 0 atom stereocenters. The van der Waals surface area contributed by atoms with Gasteiger partial charge in [-0.05, 0) is 19.1 Å². The van der Waals surface area contributed by atoms with Gasteiger partial charge in [-0.2, -0.15) is 5.10 Å². The van der Waals surface area contributed by atoms with Crippen molar-refractivity contribution < 1.29 is 24.2 Å². The van der Waals surface area contributed by atoms with Gasteiger partial charge in [0, 0.05) is 26.9 Å². The molecule has 35 heavy (non-hydrogen) atoms. The first-order valence-electron chi connectivity index (χ1n) is 10.4. The number of nitrogens with zero attached hydrogens (tertiary/aromatic N) is 2. The Hall–Kier alpha value is -4.02. The first-order valence-corrected chi connectivity index (χ1v) is 11.6. The highest BCUT2D eigenvalue weighted by Gasteiger charge is 2.24. The van der Waals surface area contributed by atoms with E-state index in [9.17, 15) is 24.3 Å². The molecule has 178 valence electrons. The normalized spacial score (nSPS) is 10.8. The van der Waals surface area contributed by atoms with Gasteiger partial charge in [-0.15, -0.1) is 11.3 Å². The average molecular weight is 511 g/mol. The SMILES string of the molecule is CCOC(=O)c1c(-c2ccccc2Cl)csc1NC(=O)Cn1nc(C(=O)[O-])c2ccccc2c1=O. The number of rotatable bonds is 7. The summed E-state index contributed by atoms with van der Waals surface area (Å²) in [5.41, 5.74) is 0.0776. The van der Waals surface area contributed by atoms with E-state index in [0.717, 1.165) is 16.0 Å². The van der Waals surface area contributed by atoms with Crippen LogP contribution in [0.4, 0.5) is 5.00 Å². The molecule has 0 fully saturated rings. The molecule has 2 aromatic carbocycles. The number of esters is 1. The highest BCUT2D eigenvalue weighted by Crippen LogP contribution is 2.39. The van der Waals surface area contributed by atoms with Crippen molar-refractivity contribution in [3.8, 4) is 11.1 Å². The molecule has 2 aromatic heterocycles. The van der Waals surface area contributed by atoms with E-state index in [1.165, 1.54) is 12.1 Å². The minimum atomic E-state index is -1.58. The summed E-state index contributed by atoms with van der Waals surface area (Å²) < 4.78 is 5.92. The van der Waals surface area contributed by atoms with E-state index in [-0.39, 0.29) is 27.9 Å². The van der Waals surface area contributed by atoms with Crippen LogP contribution in [0.2, 0.25) is 5.02 Å². The summed E-state index contributed by atoms with van der Waals surface area (Å²) in [6, 6.07) is 12.9. The van der Waals surface area contributed by atoms with Crippen LogP contribution in [0.3, 0.4) is 0 Å². The fourth-order valence-corrected chi connectivity index (χ4v) is 4.73. The number of fused-ring (bicyclic) bond motifs is 1. The lowest BCUT2D eigenvalue weighted by Crippen LogP contribution is -2.34. The van der Waals surface area contributed by atoms with E-state index in [1.807, 2.05) is 0 Å². The van der Waals surface area contributed by atoms with E-state index in [4.69, 9.17) is 16.3 Å². The summed E-state index contributed by atoms with van der Waals surface area (Å²) in [7, 11) is 0. The number of hydrogen-bond donors (Lipinski definition) is 1. The van der Waals surface area contributed by atoms with Crippen LogP contribution in [0.1, 0.15) is 27.8 Å². The molecule has 0 spiro atoms. The topological polar surface area (TPSA) is 130 Å². The van der Waals surface area contributed by atoms with Crippen LogP contribution in [0, 0.1) is 0 Å². The van der Waals surface area contributed by atoms with Gasteiger partial charge in [0.1, 0.15) is 22.8 Å². The molecule has 2 heterocycles. The van der Waals surface area contributed by atoms with Crippen molar-refractivity contribution in [1.82, 2.24) is 9.78 Å². The maximum Gasteiger partial charge on any atom is 0.341 e. The van der Waals surface area contributed by atoms with Crippen LogP contribution in [0.15, 0.2) is 58.7 Å². The summed E-state index contributed by atoms with van der Waals surface area (Å²) in [6.45, 7) is 1.18. The molecule has 9 nitrogen and oxygen atoms in total. The monoisotopic (exact) mass is 510 g/mol. The Morgan fingerprint density at radius 2 is 1.77 bits per heavy atom. The van der Waals surface area contributed by atoms with Crippen LogP contribution in [-0.2, 0) is 16.1 Å². The minimum Gasteiger partial charge on any atom is -0.543 e. The van der Waals surface area contributed by atoms with Crippen molar-refractivity contribution in [2.75, 3.05) is 11.9 Å². The van der Waals surface area contributed by atoms with Crippen LogP contribution < -0.4 is 16.0 Å². The van der Waals surface area contributed by atoms with Crippen molar-refractivity contribution >= 4 is 56.6 Å². The van der Waals surface area contributed by atoms with Gasteiger partial charge in [0.15, 0.2) is 0 Å². The van der Waals surface area contributed by atoms with Crippen molar-refractivity contribution in [3.05, 3.63) is 80.5 Å². The summed E-state index contributed by atoms with van der Waals surface area (Å²) in [4.78, 5) is 49.9. The van der Waals surface area contributed by atoms with E-state index in [0.29, 0.717) is 16.1 Å². The smallest absolute Gasteiger partial charge is 0.341 e. The predicted molar refractivity (Wildman–Crippen MR) is 130 cm³/mol. The van der Waals surface area contributed by atoms with Crippen molar-refractivity contribution in [3.63, 3.8) is 0 Å². The van der Waals surface area contributed by atoms with Crippen molar-refractivity contribution in [1.29, 1.82) is 0 Å². The number of carboxylic acids is 1. The third-order valence-electron chi connectivity index (χ3n) is 5.04. The molecule has 0 aliphatic carbocycles. The number of carbonyl (C=O) groups is 3. The van der Waals surface area contributed by atoms with E-state index >= 15 is 0 Å². The van der Waals surface area contributed by atoms with Gasteiger partial charge in [-0.1, -0.05) is 48.0 Å². The number of carbonyl (C=O) groups excluding carboxylic acids is 3. The number of halogens is 1. The van der Waals surface area contributed by atoms with Crippen molar-refractivity contribution in [2.45, 2.75) is 13.5 Å². The molecular formula is C24H17ClN3O6S-. The molecule has 11 heteroatoms. The lowest BCUT2D eigenvalue weighted by Gasteiger charge is -2.12. The van der Waals surface area contributed by atoms with Crippen molar-refractivity contribution in [2.24, 2.45) is 0 Å². The second-order valence-corrected chi connectivity index (χ2v) is 8.53. The fourth-order valence-electron chi connectivity index (χ4n) is 3.53. The third kappa shape index (κ3) is 4.79. The average Bonchev–Trinajstić information content (AvgIpc) is 3.24. The summed E-state index contributed by atoms with van der Waals surface area (Å²) in [5, 5.41) is 20.4. The molecule has 0 aliphatic heterocycles. The van der Waals surface area contributed by atoms with Crippen LogP contribution in [0.5, 0.6) is 0 Å². The molecule has 0 saturated carbocycles. The largest absolute Gasteiger partial charge is 0.543 e. The Bertz CT molecular complexity index is 1530. The highest BCUT2D eigenvalue weighted by atomic mass is 35.5. The predicted octanol–water partition coefficient (Wildman–Crippen LogP) is 2.96. The molecule has 0 bridgehead atoms. The zero-order chi connectivity index (χ0) is 25.1. The highest BCUT2D eigenvalue weighted by molar-refractivity contribution is 7.15. The number of benzene rings is 2. The number of aromatic nitrogens is 2. The molecule has 0 saturated heterocycles. The second kappa shape index (κ2) is 10.1. The first-order chi connectivity index (χ1) is 16.8. The molecule has 0 aliphatic rings. The Morgan fingerprint density at radius 3 is 2.46 bits per heavy atom. The first kappa shape index (κ1) is 24.1. The molecule has 4 aromatic rings. The van der Waals surface area contributed by atoms with Gasteiger partial charge in [0.05, 0.1) is 18.0 Å². The number of anilines is 1. The maximum atomic E-state index is 12.9. The lowest BCUT2D eigenvalue weighted by molar-refractivity contribution is -0.255. The van der Waals surface area contributed by atoms with Gasteiger partial charge in [0.25, 0.3) is 5.56 Å². The van der Waals surface area contributed by atoms with Crippen LogP contribution in [0.25, 0.3) is 21.9 Å². The van der Waals surface area contributed by atoms with E-state index in [1.54, 1.807) is 48.7 Å². The number of thiophene rings is 1. The van der Waals surface area contributed by atoms with E-state index in [2.05, 4.69) is 10.4 Å². The number of amides is 1. The maximum absolute atomic E-state index is 12.9. The number of nitrogens with one attached hydrogen (secondary N) is 1. The molecule has 4 rings (SSSR count). The zero-order valence-electron chi connectivity index (χ0n) is 18.2. The number of carboxylic acid groups (broad SMARTS) is 1. The standard InChI is InChI=1S/C24H18ClN3O6S/c1-2-34-24(33)19-16(13-7-5-6-10-17(13)25)12-35-21(19)26-18(29)11-28-22(30)15-9-4-3-8-14(15)20(27-28)23(31)32/h3-10,12H,2,11H2,1H3,(H,26,29)(H,31,32)/p-1. The third-order valence-corrected chi connectivity index (χ3v) is 6.27. The van der Waals surface area contributed by atoms with Gasteiger partial charge >= 0.3 is 5.97 Å². The summed E-state index contributed by atoms with van der Waals surface area (Å²) in [6.07, 6.45) is 0. The quantitative estimate of drug-likeness (QED) is 0.378. The summed E-state index contributed by atoms with van der Waals surface area (Å²) >= 11 is 7.39. The Morgan fingerprint density at radius 1 is 1.09 bits per heavy atom. The Balaban J connectivity index is 1.70. The summed E-state index contributed by atoms with van der Waals surface area (Å²) in [5.74, 6) is -2.93. The van der Waals surface area contributed by atoms with Gasteiger partial charge < -0.3 is 20.0 Å². The minimum absolute atomic E-state index is 0.0823. The molecule has 0 unspecified atom stereocenters. The van der Waals surface area contributed by atoms with E-state index < -0.39 is 35.6 Å². The number of aromatic carboxylic acids is 1. The molecular weight excluding hydrogens is 494 g/mol. The molecule has 1 N–H and O–H groups in total.